The van der Waals surface area contributed by atoms with E-state index in [4.69, 9.17) is 23.2 Å². The topological polar surface area (TPSA) is 24.9 Å². The molecular weight excluding hydrogens is 274 g/mol. The summed E-state index contributed by atoms with van der Waals surface area (Å²) in [7, 11) is 0. The summed E-state index contributed by atoms with van der Waals surface area (Å²) in [6.45, 7) is 1.92. The van der Waals surface area contributed by atoms with Gasteiger partial charge in [-0.1, -0.05) is 35.3 Å². The maximum absolute atomic E-state index is 13.6. The van der Waals surface area contributed by atoms with Gasteiger partial charge in [0.25, 0.3) is 0 Å². The van der Waals surface area contributed by atoms with Gasteiger partial charge in [0.05, 0.1) is 11.1 Å². The number of pyridine rings is 1. The molecule has 1 aromatic carbocycles. The Kier molecular flexibility index (Phi) is 4.04. The average Bonchev–Trinajstić information content (AvgIpc) is 2.33. The van der Waals surface area contributed by atoms with Crippen LogP contribution in [0.3, 0.4) is 0 Å². The summed E-state index contributed by atoms with van der Waals surface area (Å²) in [6, 6.07) is 8.50. The Labute approximate surface area is 115 Å². The van der Waals surface area contributed by atoms with Crippen LogP contribution in [0, 0.1) is 5.82 Å². The molecule has 2 rings (SSSR count). The zero-order valence-electron chi connectivity index (χ0n) is 9.62. The number of nitrogens with zero attached hydrogens (tertiary/aromatic N) is 1. The summed E-state index contributed by atoms with van der Waals surface area (Å²) in [4.78, 5) is 3.92. The largest absolute Gasteiger partial charge is 0.361 e. The molecule has 0 radical (unpaired) electrons. The minimum Gasteiger partial charge on any atom is -0.361 e. The van der Waals surface area contributed by atoms with Crippen molar-refractivity contribution in [3.05, 3.63) is 58.0 Å². The number of rotatable bonds is 3. The van der Waals surface area contributed by atoms with Crippen LogP contribution in [0.4, 0.5) is 10.2 Å². The van der Waals surface area contributed by atoms with E-state index in [0.717, 1.165) is 5.56 Å². The summed E-state index contributed by atoms with van der Waals surface area (Å²) in [5.74, 6) is -0.287. The third-order valence-corrected chi connectivity index (χ3v) is 2.99. The van der Waals surface area contributed by atoms with Gasteiger partial charge >= 0.3 is 0 Å². The monoisotopic (exact) mass is 284 g/mol. The predicted octanol–water partition coefficient (Wildman–Crippen LogP) is 4.70. The standard InChI is InChI=1S/C13H11Cl2FN2/c1-8(9-2-4-10(14)5-3-9)18-13-12(16)6-11(15)7-17-13/h2-8H,1H3,(H,17,18). The summed E-state index contributed by atoms with van der Waals surface area (Å²) in [5, 5.41) is 3.93. The molecule has 0 saturated carbocycles. The molecule has 0 fully saturated rings. The zero-order chi connectivity index (χ0) is 13.1. The van der Waals surface area contributed by atoms with Crippen molar-refractivity contribution in [3.8, 4) is 0 Å². The van der Waals surface area contributed by atoms with Gasteiger partial charge in [0.15, 0.2) is 11.6 Å². The number of halogens is 3. The van der Waals surface area contributed by atoms with Gasteiger partial charge in [-0.2, -0.15) is 0 Å². The quantitative estimate of drug-likeness (QED) is 0.884. The molecule has 5 heteroatoms. The molecule has 2 nitrogen and oxygen atoms in total. The molecular formula is C13H11Cl2FN2. The first kappa shape index (κ1) is 13.1. The van der Waals surface area contributed by atoms with Crippen LogP contribution in [0.15, 0.2) is 36.5 Å². The van der Waals surface area contributed by atoms with Gasteiger partial charge in [0.2, 0.25) is 0 Å². The third kappa shape index (κ3) is 3.12. The fourth-order valence-corrected chi connectivity index (χ4v) is 1.83. The van der Waals surface area contributed by atoms with Crippen LogP contribution in [-0.2, 0) is 0 Å². The third-order valence-electron chi connectivity index (χ3n) is 2.53. The summed E-state index contributed by atoms with van der Waals surface area (Å²) >= 11 is 11.5. The second-order valence-electron chi connectivity index (χ2n) is 3.90. The van der Waals surface area contributed by atoms with Gasteiger partial charge in [-0.25, -0.2) is 9.37 Å². The fraction of sp³-hybridized carbons (Fsp3) is 0.154. The Bertz CT molecular complexity index is 543. The maximum atomic E-state index is 13.6. The zero-order valence-corrected chi connectivity index (χ0v) is 11.1. The van der Waals surface area contributed by atoms with Crippen LogP contribution < -0.4 is 5.32 Å². The van der Waals surface area contributed by atoms with Gasteiger partial charge in [-0.05, 0) is 30.7 Å². The van der Waals surface area contributed by atoms with E-state index in [0.29, 0.717) is 5.02 Å². The van der Waals surface area contributed by atoms with Gasteiger partial charge in [-0.3, -0.25) is 0 Å². The Morgan fingerprint density at radius 2 is 1.83 bits per heavy atom. The first-order valence-electron chi connectivity index (χ1n) is 5.39. The molecule has 0 aliphatic carbocycles. The number of hydrogen-bond acceptors (Lipinski definition) is 2. The van der Waals surface area contributed by atoms with Gasteiger partial charge in [0.1, 0.15) is 0 Å². The van der Waals surface area contributed by atoms with E-state index >= 15 is 0 Å². The Balaban J connectivity index is 2.15. The lowest BCUT2D eigenvalue weighted by Crippen LogP contribution is -2.09. The molecule has 0 amide bonds. The lowest BCUT2D eigenvalue weighted by atomic mass is 10.1. The number of anilines is 1. The van der Waals surface area contributed by atoms with E-state index in [9.17, 15) is 4.39 Å². The van der Waals surface area contributed by atoms with Crippen molar-refractivity contribution in [2.45, 2.75) is 13.0 Å². The van der Waals surface area contributed by atoms with E-state index in [1.807, 2.05) is 19.1 Å². The second-order valence-corrected chi connectivity index (χ2v) is 4.77. The van der Waals surface area contributed by atoms with Crippen LogP contribution >= 0.6 is 23.2 Å². The highest BCUT2D eigenvalue weighted by Gasteiger charge is 2.10. The molecule has 1 unspecified atom stereocenters. The minimum atomic E-state index is -0.469. The van der Waals surface area contributed by atoms with Crippen LogP contribution in [0.2, 0.25) is 10.0 Å². The normalized spacial score (nSPS) is 12.2. The minimum absolute atomic E-state index is 0.0783. The Morgan fingerprint density at radius 1 is 1.17 bits per heavy atom. The molecule has 0 spiro atoms. The van der Waals surface area contributed by atoms with Crippen molar-refractivity contribution in [3.63, 3.8) is 0 Å². The number of benzene rings is 1. The molecule has 1 N–H and O–H groups in total. The molecule has 0 aliphatic heterocycles. The highest BCUT2D eigenvalue weighted by molar-refractivity contribution is 6.30. The van der Waals surface area contributed by atoms with Crippen molar-refractivity contribution in [1.29, 1.82) is 0 Å². The lowest BCUT2D eigenvalue weighted by molar-refractivity contribution is 0.621. The van der Waals surface area contributed by atoms with E-state index in [1.165, 1.54) is 12.3 Å². The van der Waals surface area contributed by atoms with E-state index in [1.54, 1.807) is 12.1 Å². The summed E-state index contributed by atoms with van der Waals surface area (Å²) in [5.41, 5.74) is 0.996. The summed E-state index contributed by atoms with van der Waals surface area (Å²) in [6.07, 6.45) is 1.40. The average molecular weight is 285 g/mol. The van der Waals surface area contributed by atoms with Crippen molar-refractivity contribution in [2.24, 2.45) is 0 Å². The fourth-order valence-electron chi connectivity index (χ4n) is 1.56. The molecule has 0 saturated heterocycles. The number of aromatic nitrogens is 1. The van der Waals surface area contributed by atoms with Crippen LogP contribution in [-0.4, -0.2) is 4.98 Å². The van der Waals surface area contributed by atoms with Gasteiger partial charge in [-0.15, -0.1) is 0 Å². The van der Waals surface area contributed by atoms with Crippen LogP contribution in [0.1, 0.15) is 18.5 Å². The second kappa shape index (κ2) is 5.55. The molecule has 1 heterocycles. The maximum Gasteiger partial charge on any atom is 0.166 e. The highest BCUT2D eigenvalue weighted by Crippen LogP contribution is 2.22. The Morgan fingerprint density at radius 3 is 2.44 bits per heavy atom. The van der Waals surface area contributed by atoms with Crippen molar-refractivity contribution < 1.29 is 4.39 Å². The van der Waals surface area contributed by atoms with Crippen LogP contribution in [0.25, 0.3) is 0 Å². The first-order valence-corrected chi connectivity index (χ1v) is 6.15. The number of hydrogen-bond donors (Lipinski definition) is 1. The Hall–Kier alpha value is -1.32. The lowest BCUT2D eigenvalue weighted by Gasteiger charge is -2.15. The summed E-state index contributed by atoms with van der Waals surface area (Å²) < 4.78 is 13.6. The van der Waals surface area contributed by atoms with Crippen molar-refractivity contribution >= 4 is 29.0 Å². The molecule has 0 aliphatic rings. The van der Waals surface area contributed by atoms with Gasteiger partial charge in [0, 0.05) is 11.2 Å². The first-order chi connectivity index (χ1) is 8.56. The predicted molar refractivity (Wildman–Crippen MR) is 72.7 cm³/mol. The molecule has 0 bridgehead atoms. The van der Waals surface area contributed by atoms with Gasteiger partial charge < -0.3 is 5.32 Å². The van der Waals surface area contributed by atoms with Crippen molar-refractivity contribution in [2.75, 3.05) is 5.32 Å². The molecule has 2 aromatic rings. The van der Waals surface area contributed by atoms with Crippen molar-refractivity contribution in [1.82, 2.24) is 4.98 Å². The molecule has 18 heavy (non-hydrogen) atoms. The van der Waals surface area contributed by atoms with Crippen LogP contribution in [0.5, 0.6) is 0 Å². The molecule has 94 valence electrons. The van der Waals surface area contributed by atoms with E-state index in [-0.39, 0.29) is 16.9 Å². The van der Waals surface area contributed by atoms with E-state index < -0.39 is 5.82 Å². The number of nitrogens with one attached hydrogen (secondary N) is 1. The SMILES string of the molecule is CC(Nc1ncc(Cl)cc1F)c1ccc(Cl)cc1. The highest BCUT2D eigenvalue weighted by atomic mass is 35.5. The van der Waals surface area contributed by atoms with E-state index in [2.05, 4.69) is 10.3 Å². The molecule has 1 aromatic heterocycles. The molecule has 1 atom stereocenters. The smallest absolute Gasteiger partial charge is 0.166 e.